The van der Waals surface area contributed by atoms with Crippen LogP contribution in [0, 0.1) is 0 Å². The standard InChI is InChI=1S/C14H18N2O/c1-2-15-9-13-7-12(15)10-16(13)8-11-3-5-14(17)6-4-11/h2-6,12-13,17H,1,7-10H2/t12-,13-/m0/s1. The first kappa shape index (κ1) is 10.7. The predicted octanol–water partition coefficient (Wildman–Crippen LogP) is 1.79. The van der Waals surface area contributed by atoms with Gasteiger partial charge >= 0.3 is 0 Å². The molecule has 3 nitrogen and oxygen atoms in total. The van der Waals surface area contributed by atoms with Gasteiger partial charge in [0.15, 0.2) is 0 Å². The summed E-state index contributed by atoms with van der Waals surface area (Å²) in [5.74, 6) is 0.342. The summed E-state index contributed by atoms with van der Waals surface area (Å²) in [6.07, 6.45) is 3.24. The lowest BCUT2D eigenvalue weighted by molar-refractivity contribution is 0.157. The zero-order valence-corrected chi connectivity index (χ0v) is 9.92. The molecular formula is C14H18N2O. The first-order valence-electron chi connectivity index (χ1n) is 6.16. The van der Waals surface area contributed by atoms with Crippen LogP contribution in [-0.2, 0) is 6.54 Å². The minimum absolute atomic E-state index is 0.342. The number of nitrogens with zero attached hydrogens (tertiary/aromatic N) is 2. The van der Waals surface area contributed by atoms with E-state index >= 15 is 0 Å². The minimum Gasteiger partial charge on any atom is -0.508 e. The summed E-state index contributed by atoms with van der Waals surface area (Å²) in [7, 11) is 0. The van der Waals surface area contributed by atoms with Crippen molar-refractivity contribution in [1.29, 1.82) is 0 Å². The number of piperazine rings is 1. The van der Waals surface area contributed by atoms with Crippen LogP contribution in [0.25, 0.3) is 0 Å². The second kappa shape index (κ2) is 4.08. The fourth-order valence-electron chi connectivity index (χ4n) is 3.03. The molecular weight excluding hydrogens is 212 g/mol. The summed E-state index contributed by atoms with van der Waals surface area (Å²) >= 11 is 0. The lowest BCUT2D eigenvalue weighted by Crippen LogP contribution is -2.43. The van der Waals surface area contributed by atoms with Crippen LogP contribution in [0.4, 0.5) is 0 Å². The summed E-state index contributed by atoms with van der Waals surface area (Å²) < 4.78 is 0. The Morgan fingerprint density at radius 3 is 2.59 bits per heavy atom. The van der Waals surface area contributed by atoms with E-state index in [1.165, 1.54) is 12.0 Å². The molecule has 2 atom stereocenters. The van der Waals surface area contributed by atoms with E-state index in [1.54, 1.807) is 12.1 Å². The van der Waals surface area contributed by atoms with E-state index in [0.29, 0.717) is 17.8 Å². The third kappa shape index (κ3) is 1.91. The van der Waals surface area contributed by atoms with Crippen LogP contribution in [0.1, 0.15) is 12.0 Å². The summed E-state index contributed by atoms with van der Waals surface area (Å²) in [6, 6.07) is 8.87. The molecule has 1 aromatic rings. The van der Waals surface area contributed by atoms with Crippen molar-refractivity contribution < 1.29 is 5.11 Å². The molecule has 0 amide bonds. The van der Waals surface area contributed by atoms with E-state index < -0.39 is 0 Å². The number of phenolic OH excluding ortho intramolecular Hbond substituents is 1. The fraction of sp³-hybridized carbons (Fsp3) is 0.429. The maximum Gasteiger partial charge on any atom is 0.115 e. The van der Waals surface area contributed by atoms with Crippen LogP contribution < -0.4 is 0 Å². The highest BCUT2D eigenvalue weighted by Gasteiger charge is 2.41. The molecule has 0 saturated carbocycles. The van der Waals surface area contributed by atoms with Gasteiger partial charge < -0.3 is 10.0 Å². The van der Waals surface area contributed by atoms with E-state index in [0.717, 1.165) is 19.6 Å². The monoisotopic (exact) mass is 230 g/mol. The molecule has 17 heavy (non-hydrogen) atoms. The third-order valence-corrected chi connectivity index (χ3v) is 3.95. The van der Waals surface area contributed by atoms with Gasteiger partial charge in [0.1, 0.15) is 5.75 Å². The lowest BCUT2D eigenvalue weighted by Gasteiger charge is -2.33. The van der Waals surface area contributed by atoms with Gasteiger partial charge in [-0.05, 0) is 30.3 Å². The maximum atomic E-state index is 9.26. The first-order chi connectivity index (χ1) is 8.26. The van der Waals surface area contributed by atoms with E-state index in [1.807, 2.05) is 18.3 Å². The lowest BCUT2D eigenvalue weighted by atomic mass is 10.2. The normalized spacial score (nSPS) is 27.6. The molecule has 0 spiro atoms. The average Bonchev–Trinajstić information content (AvgIpc) is 2.91. The Labute approximate surface area is 102 Å². The van der Waals surface area contributed by atoms with Crippen molar-refractivity contribution in [3.05, 3.63) is 42.6 Å². The highest BCUT2D eigenvalue weighted by molar-refractivity contribution is 5.26. The van der Waals surface area contributed by atoms with Crippen molar-refractivity contribution >= 4 is 0 Å². The van der Waals surface area contributed by atoms with Crippen molar-refractivity contribution in [3.63, 3.8) is 0 Å². The number of benzene rings is 1. The zero-order chi connectivity index (χ0) is 11.8. The number of aromatic hydroxyl groups is 1. The van der Waals surface area contributed by atoms with Gasteiger partial charge in [-0.1, -0.05) is 18.7 Å². The van der Waals surface area contributed by atoms with Gasteiger partial charge in [0.2, 0.25) is 0 Å². The summed E-state index contributed by atoms with van der Waals surface area (Å²) in [6.45, 7) is 7.11. The molecule has 1 aromatic carbocycles. The molecule has 2 fully saturated rings. The Hall–Kier alpha value is -1.48. The Bertz CT molecular complexity index is 415. The number of likely N-dealkylation sites (tertiary alicyclic amines) is 2. The summed E-state index contributed by atoms with van der Waals surface area (Å²) in [4.78, 5) is 4.90. The number of hydrogen-bond acceptors (Lipinski definition) is 3. The quantitative estimate of drug-likeness (QED) is 0.857. The van der Waals surface area contributed by atoms with Crippen molar-refractivity contribution in [1.82, 2.24) is 9.80 Å². The van der Waals surface area contributed by atoms with Gasteiger partial charge in [0.05, 0.1) is 0 Å². The van der Waals surface area contributed by atoms with Crippen LogP contribution in [0.3, 0.4) is 0 Å². The molecule has 2 aliphatic heterocycles. The van der Waals surface area contributed by atoms with Crippen LogP contribution in [0.15, 0.2) is 37.0 Å². The van der Waals surface area contributed by atoms with Crippen LogP contribution in [-0.4, -0.2) is 40.1 Å². The Kier molecular flexibility index (Phi) is 2.56. The third-order valence-electron chi connectivity index (χ3n) is 3.95. The predicted molar refractivity (Wildman–Crippen MR) is 67.6 cm³/mol. The van der Waals surface area contributed by atoms with Gasteiger partial charge in [-0.2, -0.15) is 0 Å². The molecule has 90 valence electrons. The molecule has 3 rings (SSSR count). The van der Waals surface area contributed by atoms with Gasteiger partial charge in [-0.25, -0.2) is 0 Å². The largest absolute Gasteiger partial charge is 0.508 e. The fourth-order valence-corrected chi connectivity index (χ4v) is 3.03. The zero-order valence-electron chi connectivity index (χ0n) is 9.92. The number of hydrogen-bond donors (Lipinski definition) is 1. The molecule has 2 bridgehead atoms. The van der Waals surface area contributed by atoms with Crippen molar-refractivity contribution in [2.24, 2.45) is 0 Å². The number of phenols is 1. The highest BCUT2D eigenvalue weighted by atomic mass is 16.3. The van der Waals surface area contributed by atoms with Gasteiger partial charge in [-0.15, -0.1) is 0 Å². The highest BCUT2D eigenvalue weighted by Crippen LogP contribution is 2.31. The Morgan fingerprint density at radius 1 is 1.24 bits per heavy atom. The SMILES string of the molecule is C=CN1C[C@@H]2C[C@H]1CN2Cc1ccc(O)cc1. The van der Waals surface area contributed by atoms with Gasteiger partial charge in [0.25, 0.3) is 0 Å². The van der Waals surface area contributed by atoms with Gasteiger partial charge in [0, 0.05) is 31.7 Å². The van der Waals surface area contributed by atoms with E-state index in [-0.39, 0.29) is 0 Å². The summed E-state index contributed by atoms with van der Waals surface area (Å²) in [5, 5.41) is 9.26. The van der Waals surface area contributed by atoms with E-state index in [2.05, 4.69) is 16.4 Å². The average molecular weight is 230 g/mol. The molecule has 0 unspecified atom stereocenters. The second-order valence-electron chi connectivity index (χ2n) is 5.02. The Balaban J connectivity index is 1.65. The topological polar surface area (TPSA) is 26.7 Å². The second-order valence-corrected chi connectivity index (χ2v) is 5.02. The molecule has 2 aliphatic rings. The molecule has 0 aromatic heterocycles. The molecule has 1 N–H and O–H groups in total. The van der Waals surface area contributed by atoms with Crippen LogP contribution in [0.2, 0.25) is 0 Å². The Morgan fingerprint density at radius 2 is 2.00 bits per heavy atom. The van der Waals surface area contributed by atoms with Crippen molar-refractivity contribution in [3.8, 4) is 5.75 Å². The van der Waals surface area contributed by atoms with Crippen LogP contribution >= 0.6 is 0 Å². The van der Waals surface area contributed by atoms with E-state index in [4.69, 9.17) is 0 Å². The number of rotatable bonds is 3. The number of fused-ring (bicyclic) bond motifs is 2. The first-order valence-corrected chi connectivity index (χ1v) is 6.16. The molecule has 0 radical (unpaired) electrons. The molecule has 2 heterocycles. The van der Waals surface area contributed by atoms with E-state index in [9.17, 15) is 5.11 Å². The molecule has 3 heteroatoms. The minimum atomic E-state index is 0.342. The maximum absolute atomic E-state index is 9.26. The molecule has 0 aliphatic carbocycles. The smallest absolute Gasteiger partial charge is 0.115 e. The van der Waals surface area contributed by atoms with Crippen molar-refractivity contribution in [2.45, 2.75) is 25.0 Å². The van der Waals surface area contributed by atoms with Gasteiger partial charge in [-0.3, -0.25) is 4.90 Å². The molecule has 2 saturated heterocycles. The summed E-state index contributed by atoms with van der Waals surface area (Å²) in [5.41, 5.74) is 1.28. The van der Waals surface area contributed by atoms with Crippen molar-refractivity contribution in [2.75, 3.05) is 13.1 Å². The van der Waals surface area contributed by atoms with Crippen LogP contribution in [0.5, 0.6) is 5.75 Å².